The van der Waals surface area contributed by atoms with Crippen molar-refractivity contribution < 1.29 is 5.21 Å². The van der Waals surface area contributed by atoms with Gasteiger partial charge in [0.1, 0.15) is 0 Å². The van der Waals surface area contributed by atoms with Crippen LogP contribution in [0.5, 0.6) is 0 Å². The fraction of sp³-hybridized carbons (Fsp3) is 0.500. The number of hydrogen-bond donors (Lipinski definition) is 1. The second-order valence-corrected chi connectivity index (χ2v) is 5.03. The molecule has 2 rings (SSSR count). The molecule has 0 aromatic heterocycles. The van der Waals surface area contributed by atoms with Crippen molar-refractivity contribution in [3.05, 3.63) is 34.9 Å². The Morgan fingerprint density at radius 1 is 1.38 bits per heavy atom. The van der Waals surface area contributed by atoms with E-state index in [2.05, 4.69) is 44.1 Å². The zero-order chi connectivity index (χ0) is 11.7. The van der Waals surface area contributed by atoms with Gasteiger partial charge in [-0.05, 0) is 43.2 Å². The molecule has 0 saturated carbocycles. The van der Waals surface area contributed by atoms with Gasteiger partial charge in [-0.3, -0.25) is 0 Å². The molecule has 16 heavy (non-hydrogen) atoms. The molecule has 1 unspecified atom stereocenters. The highest BCUT2D eigenvalue weighted by atomic mass is 16.4. The van der Waals surface area contributed by atoms with Crippen LogP contribution in [0.4, 0.5) is 0 Å². The van der Waals surface area contributed by atoms with E-state index in [4.69, 9.17) is 5.21 Å². The molecule has 0 spiro atoms. The quantitative estimate of drug-likeness (QED) is 0.564. The summed E-state index contributed by atoms with van der Waals surface area (Å²) in [5, 5.41) is 12.5. The van der Waals surface area contributed by atoms with Crippen LogP contribution in [0.3, 0.4) is 0 Å². The molecule has 1 aromatic carbocycles. The normalized spacial score (nSPS) is 22.5. The van der Waals surface area contributed by atoms with E-state index in [-0.39, 0.29) is 0 Å². The van der Waals surface area contributed by atoms with Gasteiger partial charge < -0.3 is 5.21 Å². The average Bonchev–Trinajstić information content (AvgIpc) is 2.27. The Morgan fingerprint density at radius 2 is 2.12 bits per heavy atom. The average molecular weight is 217 g/mol. The Bertz CT molecular complexity index is 421. The van der Waals surface area contributed by atoms with Crippen molar-refractivity contribution in [1.29, 1.82) is 0 Å². The lowest BCUT2D eigenvalue weighted by Crippen LogP contribution is -2.20. The summed E-state index contributed by atoms with van der Waals surface area (Å²) in [5.41, 5.74) is 4.56. The van der Waals surface area contributed by atoms with Crippen molar-refractivity contribution in [3.63, 3.8) is 0 Å². The molecule has 0 saturated heterocycles. The van der Waals surface area contributed by atoms with Crippen molar-refractivity contribution in [2.75, 3.05) is 0 Å². The molecule has 0 fully saturated rings. The lowest BCUT2D eigenvalue weighted by Gasteiger charge is -2.29. The lowest BCUT2D eigenvalue weighted by atomic mass is 9.76. The van der Waals surface area contributed by atoms with Gasteiger partial charge in [-0.2, -0.15) is 0 Å². The summed E-state index contributed by atoms with van der Waals surface area (Å²) in [6, 6.07) is 6.48. The monoisotopic (exact) mass is 217 g/mol. The topological polar surface area (TPSA) is 32.6 Å². The summed E-state index contributed by atoms with van der Waals surface area (Å²) in [5.74, 6) is 1.24. The molecule has 1 atom stereocenters. The Kier molecular flexibility index (Phi) is 2.99. The highest BCUT2D eigenvalue weighted by Gasteiger charge is 2.26. The second kappa shape index (κ2) is 4.28. The molecule has 0 bridgehead atoms. The van der Waals surface area contributed by atoms with E-state index in [1.165, 1.54) is 11.1 Å². The fourth-order valence-corrected chi connectivity index (χ4v) is 2.62. The van der Waals surface area contributed by atoms with Gasteiger partial charge in [0.25, 0.3) is 0 Å². The predicted molar refractivity (Wildman–Crippen MR) is 66.3 cm³/mol. The highest BCUT2D eigenvalue weighted by molar-refractivity contribution is 6.02. The number of fused-ring (bicyclic) bond motifs is 1. The summed E-state index contributed by atoms with van der Waals surface area (Å²) in [7, 11) is 0. The van der Waals surface area contributed by atoms with E-state index in [1.807, 2.05) is 0 Å². The molecular formula is C14H19NO. The van der Waals surface area contributed by atoms with Crippen LogP contribution in [0.2, 0.25) is 0 Å². The van der Waals surface area contributed by atoms with Gasteiger partial charge in [-0.25, -0.2) is 0 Å². The summed E-state index contributed by atoms with van der Waals surface area (Å²) >= 11 is 0. The molecule has 0 radical (unpaired) electrons. The van der Waals surface area contributed by atoms with Gasteiger partial charge in [0.05, 0.1) is 5.71 Å². The summed E-state index contributed by atoms with van der Waals surface area (Å²) in [6.07, 6.45) is 1.98. The lowest BCUT2D eigenvalue weighted by molar-refractivity contribution is 0.316. The van der Waals surface area contributed by atoms with E-state index in [0.717, 1.165) is 24.1 Å². The van der Waals surface area contributed by atoms with E-state index in [0.29, 0.717) is 11.8 Å². The first-order valence-electron chi connectivity index (χ1n) is 5.95. The molecular weight excluding hydrogens is 198 g/mol. The van der Waals surface area contributed by atoms with Crippen LogP contribution in [0.25, 0.3) is 0 Å². The Labute approximate surface area is 97.0 Å². The molecule has 2 heteroatoms. The first-order chi connectivity index (χ1) is 7.63. The van der Waals surface area contributed by atoms with Crippen molar-refractivity contribution in [2.45, 2.75) is 39.5 Å². The van der Waals surface area contributed by atoms with Crippen LogP contribution in [0, 0.1) is 12.8 Å². The smallest absolute Gasteiger partial charge is 0.0870 e. The maximum atomic E-state index is 9.04. The van der Waals surface area contributed by atoms with Crippen LogP contribution >= 0.6 is 0 Å². The van der Waals surface area contributed by atoms with Crippen LogP contribution in [-0.2, 0) is 0 Å². The first-order valence-corrected chi connectivity index (χ1v) is 5.95. The number of rotatable bonds is 1. The van der Waals surface area contributed by atoms with Crippen LogP contribution in [-0.4, -0.2) is 10.9 Å². The molecule has 1 aliphatic rings. The van der Waals surface area contributed by atoms with Gasteiger partial charge in [0.15, 0.2) is 0 Å². The Hall–Kier alpha value is -1.31. The molecule has 1 aliphatic carbocycles. The van der Waals surface area contributed by atoms with Crippen molar-refractivity contribution in [1.82, 2.24) is 0 Å². The number of hydrogen-bond acceptors (Lipinski definition) is 2. The zero-order valence-corrected chi connectivity index (χ0v) is 10.2. The van der Waals surface area contributed by atoms with Crippen LogP contribution in [0.1, 0.15) is 49.3 Å². The van der Waals surface area contributed by atoms with Crippen molar-refractivity contribution >= 4 is 5.71 Å². The molecule has 0 amide bonds. The largest absolute Gasteiger partial charge is 0.411 e. The van der Waals surface area contributed by atoms with E-state index in [1.54, 1.807) is 0 Å². The highest BCUT2D eigenvalue weighted by Crippen LogP contribution is 2.37. The van der Waals surface area contributed by atoms with E-state index >= 15 is 0 Å². The number of nitrogens with zero attached hydrogens (tertiary/aromatic N) is 1. The number of benzene rings is 1. The second-order valence-electron chi connectivity index (χ2n) is 5.03. The molecule has 0 heterocycles. The van der Waals surface area contributed by atoms with Crippen LogP contribution < -0.4 is 0 Å². The molecule has 0 aliphatic heterocycles. The third-order valence-corrected chi connectivity index (χ3v) is 3.54. The predicted octanol–water partition coefficient (Wildman–Crippen LogP) is 3.71. The molecule has 86 valence electrons. The van der Waals surface area contributed by atoms with Crippen LogP contribution in [0.15, 0.2) is 23.4 Å². The van der Waals surface area contributed by atoms with Crippen molar-refractivity contribution in [3.8, 4) is 0 Å². The fourth-order valence-electron chi connectivity index (χ4n) is 2.62. The minimum absolute atomic E-state index is 0.598. The van der Waals surface area contributed by atoms with E-state index < -0.39 is 0 Å². The van der Waals surface area contributed by atoms with Gasteiger partial charge in [0.2, 0.25) is 0 Å². The third kappa shape index (κ3) is 1.84. The molecule has 1 aromatic rings. The maximum Gasteiger partial charge on any atom is 0.0870 e. The van der Waals surface area contributed by atoms with Gasteiger partial charge in [-0.1, -0.05) is 36.7 Å². The first kappa shape index (κ1) is 11.2. The Morgan fingerprint density at radius 3 is 2.75 bits per heavy atom. The minimum Gasteiger partial charge on any atom is -0.411 e. The Balaban J connectivity index is 2.53. The zero-order valence-electron chi connectivity index (χ0n) is 10.2. The number of aryl methyl sites for hydroxylation is 1. The maximum absolute atomic E-state index is 9.04. The molecule has 2 nitrogen and oxygen atoms in total. The number of oxime groups is 1. The summed E-state index contributed by atoms with van der Waals surface area (Å²) in [6.45, 7) is 6.60. The third-order valence-electron chi connectivity index (χ3n) is 3.54. The van der Waals surface area contributed by atoms with Gasteiger partial charge >= 0.3 is 0 Å². The van der Waals surface area contributed by atoms with Gasteiger partial charge in [-0.15, -0.1) is 0 Å². The SMILES string of the molecule is Cc1ccc2c(c1)C(=NO)CCC2C(C)C. The van der Waals surface area contributed by atoms with Gasteiger partial charge in [0, 0.05) is 5.56 Å². The summed E-state index contributed by atoms with van der Waals surface area (Å²) in [4.78, 5) is 0. The van der Waals surface area contributed by atoms with Crippen molar-refractivity contribution in [2.24, 2.45) is 11.1 Å². The molecule has 1 N–H and O–H groups in total. The minimum atomic E-state index is 0.598. The van der Waals surface area contributed by atoms with E-state index in [9.17, 15) is 0 Å². The standard InChI is InChI=1S/C14H19NO/c1-9(2)11-6-7-14(15-16)13-8-10(3)4-5-12(11)13/h4-5,8-9,11,16H,6-7H2,1-3H3. The summed E-state index contributed by atoms with van der Waals surface area (Å²) < 4.78 is 0.